The molecule has 3 nitrogen and oxygen atoms in total. The molecule has 1 aliphatic rings. The van der Waals surface area contributed by atoms with Crippen LogP contribution in [0.15, 0.2) is 46.7 Å². The SMILES string of the molecule is O=S(=O)(c1ccccc1)[C@H]1C=CSN1. The predicted octanol–water partition coefficient (Wildman–Crippen LogP) is 1.55. The molecule has 0 aromatic heterocycles. The van der Waals surface area contributed by atoms with Gasteiger partial charge >= 0.3 is 0 Å². The first-order valence-electron chi connectivity index (χ1n) is 4.08. The summed E-state index contributed by atoms with van der Waals surface area (Å²) < 4.78 is 26.6. The van der Waals surface area contributed by atoms with Crippen LogP contribution < -0.4 is 4.72 Å². The Morgan fingerprint density at radius 3 is 2.50 bits per heavy atom. The first-order chi connectivity index (χ1) is 6.71. The second-order valence-corrected chi connectivity index (χ2v) is 5.66. The molecule has 14 heavy (non-hydrogen) atoms. The zero-order valence-corrected chi connectivity index (χ0v) is 8.88. The monoisotopic (exact) mass is 227 g/mol. The number of hydrogen-bond acceptors (Lipinski definition) is 4. The first kappa shape index (κ1) is 9.76. The molecule has 5 heteroatoms. The van der Waals surface area contributed by atoms with Crippen LogP contribution in [0.2, 0.25) is 0 Å². The molecule has 1 heterocycles. The van der Waals surface area contributed by atoms with Gasteiger partial charge in [-0.2, -0.15) is 0 Å². The van der Waals surface area contributed by atoms with Gasteiger partial charge in [-0.3, -0.25) is 0 Å². The van der Waals surface area contributed by atoms with Crippen LogP contribution >= 0.6 is 11.9 Å². The molecule has 1 aromatic rings. The molecule has 0 unspecified atom stereocenters. The topological polar surface area (TPSA) is 46.2 Å². The Labute approximate surface area is 87.3 Å². The minimum atomic E-state index is -3.26. The Morgan fingerprint density at radius 2 is 1.93 bits per heavy atom. The summed E-state index contributed by atoms with van der Waals surface area (Å²) in [5.74, 6) is 0. The van der Waals surface area contributed by atoms with Crippen molar-refractivity contribution in [3.05, 3.63) is 41.8 Å². The van der Waals surface area contributed by atoms with E-state index in [2.05, 4.69) is 4.72 Å². The molecule has 0 aliphatic carbocycles. The zero-order chi connectivity index (χ0) is 10.0. The van der Waals surface area contributed by atoms with Crippen LogP contribution in [0.3, 0.4) is 0 Å². The summed E-state index contributed by atoms with van der Waals surface area (Å²) in [6.07, 6.45) is 1.65. The Bertz CT molecular complexity index is 439. The number of nitrogens with one attached hydrogen (secondary N) is 1. The van der Waals surface area contributed by atoms with E-state index in [1.807, 2.05) is 0 Å². The second kappa shape index (κ2) is 3.76. The molecule has 1 N–H and O–H groups in total. The van der Waals surface area contributed by atoms with Crippen LogP contribution in [0.25, 0.3) is 0 Å². The number of sulfone groups is 1. The van der Waals surface area contributed by atoms with Crippen LogP contribution in [0, 0.1) is 0 Å². The lowest BCUT2D eigenvalue weighted by molar-refractivity contribution is 0.587. The van der Waals surface area contributed by atoms with E-state index < -0.39 is 15.2 Å². The highest BCUT2D eigenvalue weighted by atomic mass is 32.2. The minimum absolute atomic E-state index is 0.352. The van der Waals surface area contributed by atoms with Gasteiger partial charge in [-0.25, -0.2) is 13.1 Å². The molecule has 0 fully saturated rings. The predicted molar refractivity (Wildman–Crippen MR) is 57.3 cm³/mol. The maximum absolute atomic E-state index is 11.9. The van der Waals surface area contributed by atoms with Crippen LogP contribution in [-0.2, 0) is 9.84 Å². The summed E-state index contributed by atoms with van der Waals surface area (Å²) in [5, 5.41) is 1.14. The maximum atomic E-state index is 11.9. The van der Waals surface area contributed by atoms with Crippen molar-refractivity contribution in [3.8, 4) is 0 Å². The lowest BCUT2D eigenvalue weighted by Gasteiger charge is -2.09. The van der Waals surface area contributed by atoms with E-state index in [1.54, 1.807) is 41.8 Å². The molecule has 0 saturated carbocycles. The van der Waals surface area contributed by atoms with Gasteiger partial charge in [0.1, 0.15) is 5.37 Å². The third kappa shape index (κ3) is 1.70. The van der Waals surface area contributed by atoms with Crippen molar-refractivity contribution in [1.82, 2.24) is 4.72 Å². The molecule has 0 radical (unpaired) electrons. The fourth-order valence-electron chi connectivity index (χ4n) is 1.18. The Morgan fingerprint density at radius 1 is 1.21 bits per heavy atom. The maximum Gasteiger partial charge on any atom is 0.198 e. The van der Waals surface area contributed by atoms with Gasteiger partial charge < -0.3 is 0 Å². The summed E-state index contributed by atoms with van der Waals surface area (Å²) in [6, 6.07) is 8.45. The van der Waals surface area contributed by atoms with Crippen LogP contribution in [0.4, 0.5) is 0 Å². The van der Waals surface area contributed by atoms with E-state index in [0.717, 1.165) is 0 Å². The highest BCUT2D eigenvalue weighted by Gasteiger charge is 2.26. The quantitative estimate of drug-likeness (QED) is 0.779. The largest absolute Gasteiger partial charge is 0.239 e. The van der Waals surface area contributed by atoms with Gasteiger partial charge in [0, 0.05) is 0 Å². The minimum Gasteiger partial charge on any atom is -0.239 e. The summed E-state index contributed by atoms with van der Waals surface area (Å²) in [4.78, 5) is 0.352. The van der Waals surface area contributed by atoms with Crippen LogP contribution in [-0.4, -0.2) is 13.8 Å². The van der Waals surface area contributed by atoms with Crippen molar-refractivity contribution >= 4 is 21.8 Å². The second-order valence-electron chi connectivity index (χ2n) is 2.84. The summed E-state index contributed by atoms with van der Waals surface area (Å²) in [7, 11) is -3.26. The molecule has 0 saturated heterocycles. The van der Waals surface area contributed by atoms with Crippen molar-refractivity contribution in [2.45, 2.75) is 10.3 Å². The Hall–Kier alpha value is -0.780. The average Bonchev–Trinajstić information content (AvgIpc) is 2.72. The summed E-state index contributed by atoms with van der Waals surface area (Å²) in [6.45, 7) is 0. The molecule has 1 aliphatic heterocycles. The van der Waals surface area contributed by atoms with Gasteiger partial charge in [0.15, 0.2) is 9.84 Å². The van der Waals surface area contributed by atoms with E-state index in [9.17, 15) is 8.42 Å². The smallest absolute Gasteiger partial charge is 0.198 e. The molecule has 2 rings (SSSR count). The summed E-state index contributed by atoms with van der Waals surface area (Å²) >= 11 is 1.29. The molecule has 0 spiro atoms. The standard InChI is InChI=1S/C9H9NO2S2/c11-14(12,9-6-7-13-10-9)8-4-2-1-3-5-8/h1-7,9-10H/t9-/m0/s1. The average molecular weight is 227 g/mol. The third-order valence-corrected chi connectivity index (χ3v) is 4.62. The van der Waals surface area contributed by atoms with E-state index >= 15 is 0 Å². The third-order valence-electron chi connectivity index (χ3n) is 1.91. The van der Waals surface area contributed by atoms with Crippen molar-refractivity contribution in [1.29, 1.82) is 0 Å². The van der Waals surface area contributed by atoms with Gasteiger partial charge in [0.2, 0.25) is 0 Å². The highest BCUT2D eigenvalue weighted by molar-refractivity contribution is 8.02. The lowest BCUT2D eigenvalue weighted by Crippen LogP contribution is -2.27. The number of hydrogen-bond donors (Lipinski definition) is 1. The lowest BCUT2D eigenvalue weighted by atomic mass is 10.4. The number of rotatable bonds is 2. The van der Waals surface area contributed by atoms with Gasteiger partial charge in [0.25, 0.3) is 0 Å². The fourth-order valence-corrected chi connectivity index (χ4v) is 3.59. The molecule has 74 valence electrons. The normalized spacial score (nSPS) is 21.3. The number of benzene rings is 1. The van der Waals surface area contributed by atoms with Crippen molar-refractivity contribution in [2.24, 2.45) is 0 Å². The molecule has 0 bridgehead atoms. The summed E-state index contributed by atoms with van der Waals surface area (Å²) in [5.41, 5.74) is 0. The Balaban J connectivity index is 2.38. The van der Waals surface area contributed by atoms with E-state index in [-0.39, 0.29) is 0 Å². The fraction of sp³-hybridized carbons (Fsp3) is 0.111. The van der Waals surface area contributed by atoms with E-state index in [4.69, 9.17) is 0 Å². The molecule has 1 atom stereocenters. The first-order valence-corrected chi connectivity index (χ1v) is 6.50. The molecule has 0 amide bonds. The van der Waals surface area contributed by atoms with Gasteiger partial charge in [-0.1, -0.05) is 30.1 Å². The van der Waals surface area contributed by atoms with Crippen molar-refractivity contribution in [2.75, 3.05) is 0 Å². The van der Waals surface area contributed by atoms with E-state index in [0.29, 0.717) is 4.90 Å². The van der Waals surface area contributed by atoms with Crippen molar-refractivity contribution < 1.29 is 8.42 Å². The van der Waals surface area contributed by atoms with Crippen LogP contribution in [0.1, 0.15) is 0 Å². The van der Waals surface area contributed by atoms with Gasteiger partial charge in [-0.15, -0.1) is 0 Å². The van der Waals surface area contributed by atoms with Crippen LogP contribution in [0.5, 0.6) is 0 Å². The van der Waals surface area contributed by atoms with Gasteiger partial charge in [0.05, 0.1) is 4.90 Å². The molecular weight excluding hydrogens is 218 g/mol. The van der Waals surface area contributed by atoms with E-state index in [1.165, 1.54) is 11.9 Å². The Kier molecular flexibility index (Phi) is 2.62. The van der Waals surface area contributed by atoms with Crippen molar-refractivity contribution in [3.63, 3.8) is 0 Å². The molecular formula is C9H9NO2S2. The molecule has 1 aromatic carbocycles. The highest BCUT2D eigenvalue weighted by Crippen LogP contribution is 2.21. The van der Waals surface area contributed by atoms with Gasteiger partial charge in [-0.05, 0) is 23.6 Å². The zero-order valence-electron chi connectivity index (χ0n) is 7.25.